The molecule has 1 aliphatic carbocycles. The molecular weight excluding hydrogens is 274 g/mol. The van der Waals surface area contributed by atoms with Crippen molar-refractivity contribution >= 4 is 0 Å². The molecule has 3 fully saturated rings. The zero-order valence-corrected chi connectivity index (χ0v) is 13.4. The van der Waals surface area contributed by atoms with Gasteiger partial charge in [-0.3, -0.25) is 4.90 Å². The molecule has 1 spiro atoms. The van der Waals surface area contributed by atoms with Gasteiger partial charge in [0.15, 0.2) is 0 Å². The molecule has 2 aliphatic heterocycles. The summed E-state index contributed by atoms with van der Waals surface area (Å²) in [7, 11) is 0. The summed E-state index contributed by atoms with van der Waals surface area (Å²) in [4.78, 5) is 2.51. The second kappa shape index (κ2) is 6.31. The van der Waals surface area contributed by atoms with Crippen molar-refractivity contribution in [2.75, 3.05) is 32.9 Å². The summed E-state index contributed by atoms with van der Waals surface area (Å²) in [5.41, 5.74) is 1.54. The Hall–Kier alpha value is -0.900. The summed E-state index contributed by atoms with van der Waals surface area (Å²) in [5, 5.41) is 0. The number of hydrogen-bond donors (Lipinski definition) is 0. The van der Waals surface area contributed by atoms with Crippen LogP contribution >= 0.6 is 0 Å². The maximum atomic E-state index is 6.15. The van der Waals surface area contributed by atoms with Crippen LogP contribution in [-0.2, 0) is 16.0 Å². The largest absolute Gasteiger partial charge is 0.381 e. The average Bonchev–Trinajstić information content (AvgIpc) is 3.24. The molecule has 22 heavy (non-hydrogen) atoms. The Labute approximate surface area is 133 Å². The van der Waals surface area contributed by atoms with Gasteiger partial charge in [-0.05, 0) is 43.1 Å². The van der Waals surface area contributed by atoms with E-state index in [-0.39, 0.29) is 5.60 Å². The average molecular weight is 301 g/mol. The van der Waals surface area contributed by atoms with Crippen LogP contribution in [0.5, 0.6) is 0 Å². The lowest BCUT2D eigenvalue weighted by molar-refractivity contribution is -0.139. The number of benzene rings is 1. The van der Waals surface area contributed by atoms with E-state index in [1.54, 1.807) is 0 Å². The number of likely N-dealkylation sites (tertiary alicyclic amines) is 1. The molecule has 120 valence electrons. The third-order valence-corrected chi connectivity index (χ3v) is 5.49. The van der Waals surface area contributed by atoms with Gasteiger partial charge in [-0.25, -0.2) is 0 Å². The predicted molar refractivity (Wildman–Crippen MR) is 86.7 cm³/mol. The molecule has 3 nitrogen and oxygen atoms in total. The lowest BCUT2D eigenvalue weighted by Gasteiger charge is -2.50. The van der Waals surface area contributed by atoms with E-state index in [4.69, 9.17) is 9.47 Å². The quantitative estimate of drug-likeness (QED) is 0.722. The first-order chi connectivity index (χ1) is 10.8. The van der Waals surface area contributed by atoms with E-state index >= 15 is 0 Å². The Morgan fingerprint density at radius 2 is 1.95 bits per heavy atom. The van der Waals surface area contributed by atoms with Gasteiger partial charge in [0.2, 0.25) is 0 Å². The highest BCUT2D eigenvalue weighted by Gasteiger charge is 2.52. The van der Waals surface area contributed by atoms with Gasteiger partial charge in [0.1, 0.15) is 0 Å². The zero-order chi connectivity index (χ0) is 14.8. The summed E-state index contributed by atoms with van der Waals surface area (Å²) in [6.07, 6.45) is 5.15. The highest BCUT2D eigenvalue weighted by molar-refractivity contribution is 5.16. The van der Waals surface area contributed by atoms with Crippen molar-refractivity contribution < 1.29 is 9.47 Å². The van der Waals surface area contributed by atoms with Crippen molar-refractivity contribution in [1.82, 2.24) is 4.90 Å². The highest BCUT2D eigenvalue weighted by atomic mass is 16.5. The SMILES string of the molecule is c1ccc(CN2CC3(C2)OCCC3CCOCC2CC2)cc1. The van der Waals surface area contributed by atoms with E-state index in [1.165, 1.54) is 31.2 Å². The first-order valence-electron chi connectivity index (χ1n) is 8.82. The normalized spacial score (nSPS) is 27.2. The van der Waals surface area contributed by atoms with E-state index < -0.39 is 0 Å². The smallest absolute Gasteiger partial charge is 0.0964 e. The molecule has 0 bridgehead atoms. The fraction of sp³-hybridized carbons (Fsp3) is 0.684. The van der Waals surface area contributed by atoms with E-state index in [0.29, 0.717) is 5.92 Å². The van der Waals surface area contributed by atoms with Crippen LogP contribution in [0.1, 0.15) is 31.2 Å². The van der Waals surface area contributed by atoms with Crippen LogP contribution in [0, 0.1) is 11.8 Å². The summed E-state index contributed by atoms with van der Waals surface area (Å²) in [6.45, 7) is 6.08. The molecule has 4 rings (SSSR count). The maximum absolute atomic E-state index is 6.15. The van der Waals surface area contributed by atoms with Crippen LogP contribution in [0.25, 0.3) is 0 Å². The molecule has 1 saturated carbocycles. The van der Waals surface area contributed by atoms with Crippen molar-refractivity contribution in [2.45, 2.75) is 37.8 Å². The maximum Gasteiger partial charge on any atom is 0.0964 e. The predicted octanol–water partition coefficient (Wildman–Crippen LogP) is 3.09. The molecule has 0 aromatic heterocycles. The van der Waals surface area contributed by atoms with Gasteiger partial charge in [0.05, 0.1) is 5.60 Å². The van der Waals surface area contributed by atoms with Gasteiger partial charge in [-0.15, -0.1) is 0 Å². The zero-order valence-electron chi connectivity index (χ0n) is 13.4. The summed E-state index contributed by atoms with van der Waals surface area (Å²) in [6, 6.07) is 10.8. The number of hydrogen-bond acceptors (Lipinski definition) is 3. The number of rotatable bonds is 7. The van der Waals surface area contributed by atoms with Gasteiger partial charge in [-0.1, -0.05) is 30.3 Å². The van der Waals surface area contributed by atoms with Crippen molar-refractivity contribution in [2.24, 2.45) is 11.8 Å². The van der Waals surface area contributed by atoms with Crippen LogP contribution in [0.3, 0.4) is 0 Å². The van der Waals surface area contributed by atoms with Crippen LogP contribution in [0.15, 0.2) is 30.3 Å². The standard InChI is InChI=1S/C19H27NO2/c1-2-4-16(5-3-1)12-20-14-19(15-20)18(9-11-22-19)8-10-21-13-17-6-7-17/h1-5,17-18H,6-15H2. The Morgan fingerprint density at radius 3 is 2.73 bits per heavy atom. The third kappa shape index (κ3) is 3.22. The third-order valence-electron chi connectivity index (χ3n) is 5.49. The molecule has 1 unspecified atom stereocenters. The lowest BCUT2D eigenvalue weighted by atomic mass is 9.79. The lowest BCUT2D eigenvalue weighted by Crippen LogP contribution is -2.64. The topological polar surface area (TPSA) is 21.7 Å². The monoisotopic (exact) mass is 301 g/mol. The van der Waals surface area contributed by atoms with E-state index in [0.717, 1.165) is 45.4 Å². The molecule has 2 heterocycles. The molecule has 0 amide bonds. The van der Waals surface area contributed by atoms with Gasteiger partial charge in [-0.2, -0.15) is 0 Å². The summed E-state index contributed by atoms with van der Waals surface area (Å²) < 4.78 is 12.0. The minimum atomic E-state index is 0.137. The van der Waals surface area contributed by atoms with Crippen LogP contribution in [0.2, 0.25) is 0 Å². The highest BCUT2D eigenvalue weighted by Crippen LogP contribution is 2.42. The molecule has 1 atom stereocenters. The summed E-state index contributed by atoms with van der Waals surface area (Å²) in [5.74, 6) is 1.57. The molecule has 1 aromatic rings. The van der Waals surface area contributed by atoms with Crippen molar-refractivity contribution in [3.05, 3.63) is 35.9 Å². The van der Waals surface area contributed by atoms with E-state index in [2.05, 4.69) is 35.2 Å². The fourth-order valence-electron chi connectivity index (χ4n) is 3.97. The fourth-order valence-corrected chi connectivity index (χ4v) is 3.97. The second-order valence-electron chi connectivity index (χ2n) is 7.34. The molecule has 0 radical (unpaired) electrons. The Morgan fingerprint density at radius 1 is 1.14 bits per heavy atom. The number of ether oxygens (including phenoxy) is 2. The molecule has 3 heteroatoms. The minimum Gasteiger partial charge on any atom is -0.381 e. The van der Waals surface area contributed by atoms with E-state index in [9.17, 15) is 0 Å². The van der Waals surface area contributed by atoms with Crippen LogP contribution in [-0.4, -0.2) is 43.4 Å². The Bertz CT molecular complexity index is 479. The Balaban J connectivity index is 1.23. The van der Waals surface area contributed by atoms with Gasteiger partial charge >= 0.3 is 0 Å². The molecule has 2 saturated heterocycles. The minimum absolute atomic E-state index is 0.137. The van der Waals surface area contributed by atoms with Gasteiger partial charge in [0.25, 0.3) is 0 Å². The first kappa shape index (κ1) is 14.7. The van der Waals surface area contributed by atoms with Crippen molar-refractivity contribution in [3.63, 3.8) is 0 Å². The molecular formula is C19H27NO2. The second-order valence-corrected chi connectivity index (χ2v) is 7.34. The van der Waals surface area contributed by atoms with Crippen LogP contribution < -0.4 is 0 Å². The van der Waals surface area contributed by atoms with Gasteiger partial charge in [0, 0.05) is 39.5 Å². The Kier molecular flexibility index (Phi) is 4.21. The molecule has 0 N–H and O–H groups in total. The number of nitrogens with zero attached hydrogens (tertiary/aromatic N) is 1. The summed E-state index contributed by atoms with van der Waals surface area (Å²) >= 11 is 0. The van der Waals surface area contributed by atoms with E-state index in [1.807, 2.05) is 0 Å². The van der Waals surface area contributed by atoms with Crippen molar-refractivity contribution in [1.29, 1.82) is 0 Å². The molecule has 1 aromatic carbocycles. The van der Waals surface area contributed by atoms with Crippen molar-refractivity contribution in [3.8, 4) is 0 Å². The van der Waals surface area contributed by atoms with Gasteiger partial charge < -0.3 is 9.47 Å². The van der Waals surface area contributed by atoms with Crippen LogP contribution in [0.4, 0.5) is 0 Å². The first-order valence-corrected chi connectivity index (χ1v) is 8.82. The molecule has 3 aliphatic rings.